The second-order valence-electron chi connectivity index (χ2n) is 7.78. The molecule has 4 rings (SSSR count). The highest BCUT2D eigenvalue weighted by Gasteiger charge is 2.30. The molecule has 0 saturated carbocycles. The van der Waals surface area contributed by atoms with Crippen molar-refractivity contribution in [2.24, 2.45) is 0 Å². The van der Waals surface area contributed by atoms with Gasteiger partial charge in [-0.15, -0.1) is 0 Å². The van der Waals surface area contributed by atoms with E-state index in [-0.39, 0.29) is 17.7 Å². The molecule has 3 heterocycles. The molecular formula is C24H27N5O3. The van der Waals surface area contributed by atoms with Crippen molar-refractivity contribution >= 4 is 28.5 Å². The van der Waals surface area contributed by atoms with Gasteiger partial charge in [-0.2, -0.15) is 0 Å². The van der Waals surface area contributed by atoms with Crippen LogP contribution in [0.4, 0.5) is 5.82 Å². The molecule has 0 bridgehead atoms. The lowest BCUT2D eigenvalue weighted by Gasteiger charge is -2.17. The van der Waals surface area contributed by atoms with Gasteiger partial charge in [-0.05, 0) is 30.7 Å². The van der Waals surface area contributed by atoms with Crippen LogP contribution in [-0.2, 0) is 4.74 Å². The number of pyridine rings is 2. The number of para-hydroxylation sites is 1. The SMILES string of the molecule is CNc1cc(C(=O)N2CC[C@@H](c3cc(C(=O)NCCOC)c4ccccc4n3)C2)ccn1. The first-order chi connectivity index (χ1) is 15.6. The van der Waals surface area contributed by atoms with Gasteiger partial charge in [-0.3, -0.25) is 14.6 Å². The molecule has 2 N–H and O–H groups in total. The van der Waals surface area contributed by atoms with Crippen molar-refractivity contribution in [1.82, 2.24) is 20.2 Å². The monoisotopic (exact) mass is 433 g/mol. The van der Waals surface area contributed by atoms with E-state index in [0.29, 0.717) is 43.2 Å². The highest BCUT2D eigenvalue weighted by atomic mass is 16.5. The Morgan fingerprint density at radius 2 is 2.06 bits per heavy atom. The van der Waals surface area contributed by atoms with Crippen molar-refractivity contribution in [3.8, 4) is 0 Å². The van der Waals surface area contributed by atoms with Crippen LogP contribution >= 0.6 is 0 Å². The van der Waals surface area contributed by atoms with Crippen molar-refractivity contribution in [3.63, 3.8) is 0 Å². The number of ether oxygens (including phenoxy) is 1. The smallest absolute Gasteiger partial charge is 0.254 e. The summed E-state index contributed by atoms with van der Waals surface area (Å²) in [5.74, 6) is 0.556. The lowest BCUT2D eigenvalue weighted by atomic mass is 9.99. The largest absolute Gasteiger partial charge is 0.383 e. The predicted molar refractivity (Wildman–Crippen MR) is 123 cm³/mol. The number of nitrogens with one attached hydrogen (secondary N) is 2. The Labute approximate surface area is 187 Å². The molecule has 32 heavy (non-hydrogen) atoms. The third kappa shape index (κ3) is 4.55. The molecule has 2 amide bonds. The maximum atomic E-state index is 13.0. The number of anilines is 1. The number of hydrogen-bond donors (Lipinski definition) is 2. The molecule has 1 saturated heterocycles. The van der Waals surface area contributed by atoms with E-state index < -0.39 is 0 Å². The van der Waals surface area contributed by atoms with E-state index in [1.807, 2.05) is 35.2 Å². The van der Waals surface area contributed by atoms with Gasteiger partial charge < -0.3 is 20.3 Å². The van der Waals surface area contributed by atoms with Crippen LogP contribution in [0.5, 0.6) is 0 Å². The predicted octanol–water partition coefficient (Wildman–Crippen LogP) is 2.68. The van der Waals surface area contributed by atoms with Gasteiger partial charge in [-0.1, -0.05) is 18.2 Å². The van der Waals surface area contributed by atoms with E-state index in [4.69, 9.17) is 9.72 Å². The molecule has 2 aromatic heterocycles. The first-order valence-corrected chi connectivity index (χ1v) is 10.7. The Kier molecular flexibility index (Phi) is 6.61. The molecule has 3 aromatic rings. The number of hydrogen-bond acceptors (Lipinski definition) is 6. The average molecular weight is 434 g/mol. The van der Waals surface area contributed by atoms with E-state index in [2.05, 4.69) is 15.6 Å². The normalized spacial score (nSPS) is 15.7. The zero-order valence-electron chi connectivity index (χ0n) is 18.3. The summed E-state index contributed by atoms with van der Waals surface area (Å²) in [5.41, 5.74) is 2.81. The fourth-order valence-electron chi connectivity index (χ4n) is 4.02. The average Bonchev–Trinajstić information content (AvgIpc) is 3.33. The van der Waals surface area contributed by atoms with Crippen LogP contribution in [-0.4, -0.2) is 67.1 Å². The molecule has 1 atom stereocenters. The number of rotatable bonds is 7. The zero-order valence-corrected chi connectivity index (χ0v) is 18.3. The number of benzene rings is 1. The molecule has 0 radical (unpaired) electrons. The quantitative estimate of drug-likeness (QED) is 0.556. The Balaban J connectivity index is 1.57. The summed E-state index contributed by atoms with van der Waals surface area (Å²) in [5, 5.41) is 6.68. The lowest BCUT2D eigenvalue weighted by molar-refractivity contribution is 0.0790. The van der Waals surface area contributed by atoms with Gasteiger partial charge in [0.05, 0.1) is 17.7 Å². The van der Waals surface area contributed by atoms with Gasteiger partial charge in [-0.25, -0.2) is 4.98 Å². The van der Waals surface area contributed by atoms with E-state index in [1.165, 1.54) is 0 Å². The molecule has 0 spiro atoms. The third-order valence-electron chi connectivity index (χ3n) is 5.73. The highest BCUT2D eigenvalue weighted by molar-refractivity contribution is 6.06. The second-order valence-corrected chi connectivity index (χ2v) is 7.78. The van der Waals surface area contributed by atoms with Gasteiger partial charge in [0.25, 0.3) is 11.8 Å². The van der Waals surface area contributed by atoms with E-state index in [9.17, 15) is 9.59 Å². The van der Waals surface area contributed by atoms with Crippen molar-refractivity contribution in [2.45, 2.75) is 12.3 Å². The van der Waals surface area contributed by atoms with Gasteiger partial charge in [0.15, 0.2) is 0 Å². The van der Waals surface area contributed by atoms with Crippen LogP contribution in [0.15, 0.2) is 48.7 Å². The summed E-state index contributed by atoms with van der Waals surface area (Å²) in [6, 6.07) is 13.0. The van der Waals surface area contributed by atoms with Gasteiger partial charge >= 0.3 is 0 Å². The molecular weight excluding hydrogens is 406 g/mol. The molecule has 1 aliphatic rings. The maximum Gasteiger partial charge on any atom is 0.254 e. The Morgan fingerprint density at radius 3 is 2.88 bits per heavy atom. The lowest BCUT2D eigenvalue weighted by Crippen LogP contribution is -2.29. The first kappa shape index (κ1) is 21.7. The Hall–Kier alpha value is -3.52. The summed E-state index contributed by atoms with van der Waals surface area (Å²) < 4.78 is 5.03. The number of fused-ring (bicyclic) bond motifs is 1. The number of likely N-dealkylation sites (tertiary alicyclic amines) is 1. The summed E-state index contributed by atoms with van der Waals surface area (Å²) in [6.07, 6.45) is 2.43. The number of amides is 2. The molecule has 1 fully saturated rings. The van der Waals surface area contributed by atoms with E-state index in [0.717, 1.165) is 23.0 Å². The van der Waals surface area contributed by atoms with Crippen LogP contribution in [0, 0.1) is 0 Å². The summed E-state index contributed by atoms with van der Waals surface area (Å²) in [7, 11) is 3.38. The Bertz CT molecular complexity index is 1130. The van der Waals surface area contributed by atoms with Crippen LogP contribution in [0.2, 0.25) is 0 Å². The van der Waals surface area contributed by atoms with Crippen molar-refractivity contribution in [2.75, 3.05) is 45.7 Å². The highest BCUT2D eigenvalue weighted by Crippen LogP contribution is 2.30. The molecule has 0 unspecified atom stereocenters. The topological polar surface area (TPSA) is 96.5 Å². The Morgan fingerprint density at radius 1 is 1.22 bits per heavy atom. The van der Waals surface area contributed by atoms with Crippen LogP contribution in [0.1, 0.15) is 38.7 Å². The fraction of sp³-hybridized carbons (Fsp3) is 0.333. The number of carbonyl (C=O) groups is 2. The molecule has 166 valence electrons. The van der Waals surface area contributed by atoms with Crippen molar-refractivity contribution in [3.05, 3.63) is 65.5 Å². The van der Waals surface area contributed by atoms with Gasteiger partial charge in [0.1, 0.15) is 5.82 Å². The van der Waals surface area contributed by atoms with Crippen molar-refractivity contribution < 1.29 is 14.3 Å². The number of nitrogens with zero attached hydrogens (tertiary/aromatic N) is 3. The number of carbonyl (C=O) groups excluding carboxylic acids is 2. The number of methoxy groups -OCH3 is 1. The summed E-state index contributed by atoms with van der Waals surface area (Å²) >= 11 is 0. The van der Waals surface area contributed by atoms with Crippen LogP contribution < -0.4 is 10.6 Å². The minimum atomic E-state index is -0.149. The standard InChI is InChI=1S/C24H27N5O3/c1-25-22-13-16(7-9-26-22)24(31)29-11-8-17(15-29)21-14-19(23(30)27-10-12-32-2)18-5-3-4-6-20(18)28-21/h3-7,9,13-14,17H,8,10-12,15H2,1-2H3,(H,25,26)(H,27,30)/t17-/m1/s1. The molecule has 8 heteroatoms. The minimum absolute atomic E-state index is 0.0234. The van der Waals surface area contributed by atoms with E-state index >= 15 is 0 Å². The van der Waals surface area contributed by atoms with Gasteiger partial charge in [0, 0.05) is 62.6 Å². The zero-order chi connectivity index (χ0) is 22.5. The molecule has 0 aliphatic carbocycles. The van der Waals surface area contributed by atoms with Gasteiger partial charge in [0.2, 0.25) is 0 Å². The molecule has 1 aliphatic heterocycles. The third-order valence-corrected chi connectivity index (χ3v) is 5.73. The molecule has 8 nitrogen and oxygen atoms in total. The first-order valence-electron chi connectivity index (χ1n) is 10.7. The summed E-state index contributed by atoms with van der Waals surface area (Å²) in [6.45, 7) is 2.09. The summed E-state index contributed by atoms with van der Waals surface area (Å²) in [4.78, 5) is 36.7. The van der Waals surface area contributed by atoms with Crippen LogP contribution in [0.3, 0.4) is 0 Å². The fourth-order valence-corrected chi connectivity index (χ4v) is 4.02. The molecule has 1 aromatic carbocycles. The van der Waals surface area contributed by atoms with Crippen LogP contribution in [0.25, 0.3) is 10.9 Å². The van der Waals surface area contributed by atoms with Crippen molar-refractivity contribution in [1.29, 1.82) is 0 Å². The second kappa shape index (κ2) is 9.74. The van der Waals surface area contributed by atoms with E-state index in [1.54, 1.807) is 32.5 Å². The number of aromatic nitrogens is 2. The maximum absolute atomic E-state index is 13.0. The minimum Gasteiger partial charge on any atom is -0.383 e.